The molecule has 1 amide bonds. The standard InChI is InChI=1S/C12H26N2O2/c1-4-11(3)14-12(16)8-13-7-5-6-10(2)9-15/h10-11,13,15H,4-9H2,1-3H3,(H,14,16). The molecular weight excluding hydrogens is 204 g/mol. The summed E-state index contributed by atoms with van der Waals surface area (Å²) in [6, 6.07) is 0.253. The van der Waals surface area contributed by atoms with Gasteiger partial charge in [-0.1, -0.05) is 13.8 Å². The molecule has 0 spiro atoms. The largest absolute Gasteiger partial charge is 0.396 e. The third-order valence-electron chi connectivity index (χ3n) is 2.67. The van der Waals surface area contributed by atoms with Crippen LogP contribution >= 0.6 is 0 Å². The molecule has 0 saturated carbocycles. The van der Waals surface area contributed by atoms with E-state index in [1.54, 1.807) is 0 Å². The van der Waals surface area contributed by atoms with Gasteiger partial charge in [-0.25, -0.2) is 0 Å². The molecule has 0 fully saturated rings. The van der Waals surface area contributed by atoms with E-state index in [1.165, 1.54) is 0 Å². The normalized spacial score (nSPS) is 14.5. The Labute approximate surface area is 98.8 Å². The molecular formula is C12H26N2O2. The van der Waals surface area contributed by atoms with Crippen LogP contribution in [0.5, 0.6) is 0 Å². The van der Waals surface area contributed by atoms with Gasteiger partial charge in [-0.3, -0.25) is 4.79 Å². The molecule has 0 radical (unpaired) electrons. The number of nitrogens with one attached hydrogen (secondary N) is 2. The smallest absolute Gasteiger partial charge is 0.234 e. The van der Waals surface area contributed by atoms with Crippen molar-refractivity contribution in [1.82, 2.24) is 10.6 Å². The number of aliphatic hydroxyl groups excluding tert-OH is 1. The second-order valence-corrected chi connectivity index (χ2v) is 4.48. The van der Waals surface area contributed by atoms with E-state index >= 15 is 0 Å². The van der Waals surface area contributed by atoms with E-state index in [4.69, 9.17) is 5.11 Å². The van der Waals surface area contributed by atoms with Crippen molar-refractivity contribution in [2.45, 2.75) is 46.1 Å². The molecule has 3 N–H and O–H groups in total. The van der Waals surface area contributed by atoms with Crippen LogP contribution in [0.2, 0.25) is 0 Å². The Kier molecular flexibility index (Phi) is 9.24. The summed E-state index contributed by atoms with van der Waals surface area (Å²) in [5.41, 5.74) is 0. The molecule has 0 saturated heterocycles. The van der Waals surface area contributed by atoms with Gasteiger partial charge in [-0.2, -0.15) is 0 Å². The van der Waals surface area contributed by atoms with Crippen molar-refractivity contribution in [3.8, 4) is 0 Å². The van der Waals surface area contributed by atoms with Gasteiger partial charge in [0.1, 0.15) is 0 Å². The van der Waals surface area contributed by atoms with E-state index in [-0.39, 0.29) is 18.6 Å². The van der Waals surface area contributed by atoms with Gasteiger partial charge < -0.3 is 15.7 Å². The molecule has 16 heavy (non-hydrogen) atoms. The molecule has 0 aromatic carbocycles. The average molecular weight is 230 g/mol. The van der Waals surface area contributed by atoms with Crippen LogP contribution in [0.15, 0.2) is 0 Å². The minimum atomic E-state index is 0.0598. The topological polar surface area (TPSA) is 61.4 Å². The fourth-order valence-corrected chi connectivity index (χ4v) is 1.30. The van der Waals surface area contributed by atoms with Crippen LogP contribution in [0.3, 0.4) is 0 Å². The highest BCUT2D eigenvalue weighted by molar-refractivity contribution is 5.78. The minimum Gasteiger partial charge on any atom is -0.396 e. The highest BCUT2D eigenvalue weighted by atomic mass is 16.3. The Morgan fingerprint density at radius 2 is 2.06 bits per heavy atom. The maximum atomic E-state index is 11.4. The van der Waals surface area contributed by atoms with Gasteiger partial charge in [0.2, 0.25) is 5.91 Å². The average Bonchev–Trinajstić information content (AvgIpc) is 2.27. The first-order valence-corrected chi connectivity index (χ1v) is 6.21. The van der Waals surface area contributed by atoms with Crippen LogP contribution < -0.4 is 10.6 Å². The molecule has 0 aromatic rings. The number of carbonyl (C=O) groups is 1. The van der Waals surface area contributed by atoms with Crippen LogP contribution in [0.1, 0.15) is 40.0 Å². The lowest BCUT2D eigenvalue weighted by atomic mass is 10.1. The fourth-order valence-electron chi connectivity index (χ4n) is 1.30. The maximum Gasteiger partial charge on any atom is 0.234 e. The number of hydrogen-bond acceptors (Lipinski definition) is 3. The lowest BCUT2D eigenvalue weighted by Gasteiger charge is -2.12. The van der Waals surface area contributed by atoms with Crippen molar-refractivity contribution in [2.75, 3.05) is 19.7 Å². The van der Waals surface area contributed by atoms with Crippen molar-refractivity contribution in [2.24, 2.45) is 5.92 Å². The van der Waals surface area contributed by atoms with Gasteiger partial charge in [-0.05, 0) is 38.6 Å². The van der Waals surface area contributed by atoms with Gasteiger partial charge >= 0.3 is 0 Å². The summed E-state index contributed by atoms with van der Waals surface area (Å²) in [7, 11) is 0. The third-order valence-corrected chi connectivity index (χ3v) is 2.67. The van der Waals surface area contributed by atoms with E-state index < -0.39 is 0 Å². The van der Waals surface area contributed by atoms with E-state index in [0.717, 1.165) is 25.8 Å². The van der Waals surface area contributed by atoms with Crippen LogP contribution in [-0.2, 0) is 4.79 Å². The molecule has 4 nitrogen and oxygen atoms in total. The molecule has 0 bridgehead atoms. The zero-order valence-corrected chi connectivity index (χ0v) is 10.8. The number of amides is 1. The van der Waals surface area contributed by atoms with Crippen molar-refractivity contribution in [3.63, 3.8) is 0 Å². The van der Waals surface area contributed by atoms with Crippen molar-refractivity contribution in [1.29, 1.82) is 0 Å². The fraction of sp³-hybridized carbons (Fsp3) is 0.917. The van der Waals surface area contributed by atoms with Crippen LogP contribution in [0.4, 0.5) is 0 Å². The first-order chi connectivity index (χ1) is 7.60. The molecule has 0 aliphatic carbocycles. The molecule has 0 aromatic heterocycles. The van der Waals surface area contributed by atoms with Crippen molar-refractivity contribution < 1.29 is 9.90 Å². The second kappa shape index (κ2) is 9.60. The van der Waals surface area contributed by atoms with Gasteiger partial charge in [0.25, 0.3) is 0 Å². The zero-order chi connectivity index (χ0) is 12.4. The van der Waals surface area contributed by atoms with E-state index in [1.807, 2.05) is 13.8 Å². The van der Waals surface area contributed by atoms with Gasteiger partial charge in [-0.15, -0.1) is 0 Å². The maximum absolute atomic E-state index is 11.4. The second-order valence-electron chi connectivity index (χ2n) is 4.48. The Bertz CT molecular complexity index is 186. The summed E-state index contributed by atoms with van der Waals surface area (Å²) in [5, 5.41) is 14.8. The summed E-state index contributed by atoms with van der Waals surface area (Å²) in [6.07, 6.45) is 2.95. The van der Waals surface area contributed by atoms with Crippen molar-refractivity contribution >= 4 is 5.91 Å². The van der Waals surface area contributed by atoms with E-state index in [2.05, 4.69) is 17.6 Å². The highest BCUT2D eigenvalue weighted by Crippen LogP contribution is 2.02. The Balaban J connectivity index is 3.34. The van der Waals surface area contributed by atoms with E-state index in [0.29, 0.717) is 12.5 Å². The van der Waals surface area contributed by atoms with Gasteiger partial charge in [0, 0.05) is 12.6 Å². The van der Waals surface area contributed by atoms with E-state index in [9.17, 15) is 4.79 Å². The first-order valence-electron chi connectivity index (χ1n) is 6.21. The lowest BCUT2D eigenvalue weighted by Crippen LogP contribution is -2.39. The minimum absolute atomic E-state index is 0.0598. The van der Waals surface area contributed by atoms with Gasteiger partial charge in [0.15, 0.2) is 0 Å². The molecule has 4 heteroatoms. The summed E-state index contributed by atoms with van der Waals surface area (Å²) >= 11 is 0. The predicted octanol–water partition coefficient (Wildman–Crippen LogP) is 0.899. The molecule has 96 valence electrons. The first kappa shape index (κ1) is 15.4. The monoisotopic (exact) mass is 230 g/mol. The predicted molar refractivity (Wildman–Crippen MR) is 66.2 cm³/mol. The lowest BCUT2D eigenvalue weighted by molar-refractivity contribution is -0.120. The summed E-state index contributed by atoms with van der Waals surface area (Å²) in [6.45, 7) is 7.54. The summed E-state index contributed by atoms with van der Waals surface area (Å²) in [4.78, 5) is 11.4. The Morgan fingerprint density at radius 1 is 1.38 bits per heavy atom. The number of rotatable bonds is 9. The number of hydrogen-bond donors (Lipinski definition) is 3. The molecule has 0 aliphatic heterocycles. The molecule has 0 aliphatic rings. The third kappa shape index (κ3) is 8.68. The Morgan fingerprint density at radius 3 is 2.62 bits per heavy atom. The highest BCUT2D eigenvalue weighted by Gasteiger charge is 2.04. The number of aliphatic hydroxyl groups is 1. The SMILES string of the molecule is CCC(C)NC(=O)CNCCCC(C)CO. The van der Waals surface area contributed by atoms with Crippen molar-refractivity contribution in [3.05, 3.63) is 0 Å². The van der Waals surface area contributed by atoms with Crippen LogP contribution in [-0.4, -0.2) is 36.8 Å². The summed E-state index contributed by atoms with van der Waals surface area (Å²) < 4.78 is 0. The quantitative estimate of drug-likeness (QED) is 0.516. The molecule has 0 rings (SSSR count). The number of carbonyl (C=O) groups excluding carboxylic acids is 1. The van der Waals surface area contributed by atoms with Gasteiger partial charge in [0.05, 0.1) is 6.54 Å². The molecule has 2 atom stereocenters. The zero-order valence-electron chi connectivity index (χ0n) is 10.8. The molecule has 0 heterocycles. The summed E-state index contributed by atoms with van der Waals surface area (Å²) in [5.74, 6) is 0.417. The Hall–Kier alpha value is -0.610. The molecule has 2 unspecified atom stereocenters. The van der Waals surface area contributed by atoms with Crippen LogP contribution in [0.25, 0.3) is 0 Å². The van der Waals surface area contributed by atoms with Crippen LogP contribution in [0, 0.1) is 5.92 Å².